The highest BCUT2D eigenvalue weighted by Crippen LogP contribution is 2.40. The van der Waals surface area contributed by atoms with E-state index in [1.807, 2.05) is 4.72 Å². The maximum Gasteiger partial charge on any atom is 0.415 e. The molecule has 0 aliphatic heterocycles. The van der Waals surface area contributed by atoms with Gasteiger partial charge in [-0.1, -0.05) is 0 Å². The molecule has 0 amide bonds. The molecule has 9 heteroatoms. The first-order valence-electron chi connectivity index (χ1n) is 6.95. The third-order valence-electron chi connectivity index (χ3n) is 3.39. The van der Waals surface area contributed by atoms with Crippen LogP contribution in [-0.4, -0.2) is 15.5 Å². The largest absolute Gasteiger partial charge is 0.598 e. The van der Waals surface area contributed by atoms with Crippen LogP contribution in [0.15, 0.2) is 16.5 Å². The van der Waals surface area contributed by atoms with Gasteiger partial charge in [-0.15, -0.1) is 4.72 Å². The van der Waals surface area contributed by atoms with Crippen molar-refractivity contribution in [2.45, 2.75) is 44.7 Å². The second-order valence-electron chi connectivity index (χ2n) is 6.30. The number of alkyl halides is 3. The predicted octanol–water partition coefficient (Wildman–Crippen LogP) is 4.67. The van der Waals surface area contributed by atoms with Gasteiger partial charge < -0.3 is 8.97 Å². The van der Waals surface area contributed by atoms with E-state index in [-0.39, 0.29) is 10.9 Å². The topological polar surface area (TPSA) is 48.2 Å². The molecule has 134 valence electrons. The lowest BCUT2D eigenvalue weighted by Crippen LogP contribution is -2.45. The van der Waals surface area contributed by atoms with Gasteiger partial charge >= 0.3 is 6.18 Å². The molecule has 0 radical (unpaired) electrons. The monoisotopic (exact) mass is 369 g/mol. The fourth-order valence-electron chi connectivity index (χ4n) is 2.12. The number of hydrogen-bond donors (Lipinski definition) is 1. The van der Waals surface area contributed by atoms with E-state index in [1.165, 1.54) is 27.7 Å². The first-order chi connectivity index (χ1) is 10.8. The van der Waals surface area contributed by atoms with Crippen LogP contribution in [0.4, 0.5) is 22.0 Å². The van der Waals surface area contributed by atoms with Gasteiger partial charge in [-0.05, 0) is 39.8 Å². The maximum absolute atomic E-state index is 13.9. The molecular weight excluding hydrogens is 353 g/mol. The molecule has 2 atom stereocenters. The van der Waals surface area contributed by atoms with Gasteiger partial charge in [0.1, 0.15) is 16.3 Å². The molecular formula is C15H16F5NO2S. The van der Waals surface area contributed by atoms with E-state index in [9.17, 15) is 26.5 Å². The number of hydrogen-bond acceptors (Lipinski definition) is 3. The summed E-state index contributed by atoms with van der Waals surface area (Å²) in [6.07, 6.45) is -4.87. The highest BCUT2D eigenvalue weighted by Gasteiger charge is 2.48. The highest BCUT2D eigenvalue weighted by atomic mass is 32.2. The van der Waals surface area contributed by atoms with E-state index < -0.39 is 51.3 Å². The minimum atomic E-state index is -4.87. The molecule has 0 saturated heterocycles. The molecule has 3 nitrogen and oxygen atoms in total. The van der Waals surface area contributed by atoms with Crippen LogP contribution in [-0.2, 0) is 11.4 Å². The maximum atomic E-state index is 13.9. The van der Waals surface area contributed by atoms with Crippen LogP contribution < -0.4 is 4.72 Å². The van der Waals surface area contributed by atoms with Crippen molar-refractivity contribution in [1.82, 2.24) is 4.72 Å². The smallest absolute Gasteiger partial charge is 0.415 e. The van der Waals surface area contributed by atoms with Crippen molar-refractivity contribution < 1.29 is 30.9 Å². The third-order valence-corrected chi connectivity index (χ3v) is 4.95. The lowest BCUT2D eigenvalue weighted by atomic mass is 10.1. The Labute approximate surface area is 138 Å². The number of aryl methyl sites for hydroxylation is 1. The molecule has 0 saturated carbocycles. The van der Waals surface area contributed by atoms with Gasteiger partial charge in [-0.3, -0.25) is 0 Å². The number of rotatable bonds is 3. The van der Waals surface area contributed by atoms with E-state index >= 15 is 0 Å². The Kier molecular flexibility index (Phi) is 4.91. The normalized spacial score (nSPS) is 15.8. The van der Waals surface area contributed by atoms with Gasteiger partial charge in [0.05, 0.1) is 5.39 Å². The van der Waals surface area contributed by atoms with Crippen molar-refractivity contribution in [3.05, 3.63) is 35.1 Å². The summed E-state index contributed by atoms with van der Waals surface area (Å²) in [7, 11) is 0. The highest BCUT2D eigenvalue weighted by molar-refractivity contribution is 7.90. The second-order valence-corrected chi connectivity index (χ2v) is 8.30. The summed E-state index contributed by atoms with van der Waals surface area (Å²) in [6.45, 7) is 5.68. The van der Waals surface area contributed by atoms with Crippen LogP contribution in [0.5, 0.6) is 0 Å². The number of halogens is 5. The van der Waals surface area contributed by atoms with Crippen molar-refractivity contribution >= 4 is 22.3 Å². The molecule has 0 aliphatic carbocycles. The molecule has 0 fully saturated rings. The Morgan fingerprint density at radius 3 is 2.12 bits per heavy atom. The summed E-state index contributed by atoms with van der Waals surface area (Å²) >= 11 is -2.07. The summed E-state index contributed by atoms with van der Waals surface area (Å²) in [5, 5.41) is -0.359. The Morgan fingerprint density at radius 1 is 1.12 bits per heavy atom. The number of benzene rings is 1. The van der Waals surface area contributed by atoms with E-state index in [2.05, 4.69) is 0 Å². The van der Waals surface area contributed by atoms with Crippen LogP contribution in [0.1, 0.15) is 38.1 Å². The summed E-state index contributed by atoms with van der Waals surface area (Å²) in [4.78, 5) is 0. The molecule has 0 spiro atoms. The molecule has 0 aliphatic rings. The van der Waals surface area contributed by atoms with Crippen molar-refractivity contribution in [3.63, 3.8) is 0 Å². The van der Waals surface area contributed by atoms with Gasteiger partial charge in [-0.25, -0.2) is 8.78 Å². The van der Waals surface area contributed by atoms with Crippen LogP contribution in [0, 0.1) is 18.6 Å². The van der Waals surface area contributed by atoms with Crippen molar-refractivity contribution in [1.29, 1.82) is 0 Å². The molecule has 0 bridgehead atoms. The number of furan rings is 1. The summed E-state index contributed by atoms with van der Waals surface area (Å²) in [5.41, 5.74) is -0.789. The Morgan fingerprint density at radius 2 is 1.67 bits per heavy atom. The fraction of sp³-hybridized carbons (Fsp3) is 0.467. The Balaban J connectivity index is 2.60. The number of nitrogens with one attached hydrogen (secondary N) is 1. The van der Waals surface area contributed by atoms with Crippen molar-refractivity contribution in [2.24, 2.45) is 0 Å². The van der Waals surface area contributed by atoms with Gasteiger partial charge in [0.2, 0.25) is 6.04 Å². The minimum absolute atomic E-state index is 0.192. The minimum Gasteiger partial charge on any atom is -0.598 e. The van der Waals surface area contributed by atoms with E-state index in [0.29, 0.717) is 0 Å². The van der Waals surface area contributed by atoms with Crippen molar-refractivity contribution in [2.75, 3.05) is 0 Å². The zero-order chi connectivity index (χ0) is 18.4. The zero-order valence-corrected chi connectivity index (χ0v) is 14.2. The van der Waals surface area contributed by atoms with Crippen LogP contribution in [0.25, 0.3) is 11.0 Å². The van der Waals surface area contributed by atoms with Crippen molar-refractivity contribution in [3.8, 4) is 0 Å². The molecule has 1 aromatic heterocycles. The molecule has 1 heterocycles. The second kappa shape index (κ2) is 6.20. The molecule has 24 heavy (non-hydrogen) atoms. The first-order valence-corrected chi connectivity index (χ1v) is 8.10. The average Bonchev–Trinajstić information content (AvgIpc) is 2.76. The van der Waals surface area contributed by atoms with E-state index in [0.717, 1.165) is 12.1 Å². The Bertz CT molecular complexity index is 751. The fourth-order valence-corrected chi connectivity index (χ4v) is 2.93. The molecule has 1 aromatic carbocycles. The third kappa shape index (κ3) is 3.52. The lowest BCUT2D eigenvalue weighted by Gasteiger charge is -2.28. The summed E-state index contributed by atoms with van der Waals surface area (Å²) in [6, 6.07) is -0.871. The van der Waals surface area contributed by atoms with Gasteiger partial charge in [-0.2, -0.15) is 13.2 Å². The zero-order valence-electron chi connectivity index (χ0n) is 13.3. The van der Waals surface area contributed by atoms with Gasteiger partial charge in [0, 0.05) is 16.9 Å². The molecule has 2 rings (SSSR count). The van der Waals surface area contributed by atoms with Gasteiger partial charge in [0.15, 0.2) is 11.4 Å². The van der Waals surface area contributed by atoms with Crippen LogP contribution >= 0.6 is 0 Å². The van der Waals surface area contributed by atoms with E-state index in [4.69, 9.17) is 4.42 Å². The van der Waals surface area contributed by atoms with Crippen LogP contribution in [0.2, 0.25) is 0 Å². The molecule has 1 N–H and O–H groups in total. The van der Waals surface area contributed by atoms with Crippen LogP contribution in [0.3, 0.4) is 0 Å². The SMILES string of the molecule is Cc1c([C@@H](N[S+]([O-])C(C)(C)C)C(F)(F)F)oc2c(F)ccc(F)c12. The quantitative estimate of drug-likeness (QED) is 0.632. The number of fused-ring (bicyclic) bond motifs is 1. The predicted molar refractivity (Wildman–Crippen MR) is 80.7 cm³/mol. The van der Waals surface area contributed by atoms with E-state index in [1.54, 1.807) is 0 Å². The lowest BCUT2D eigenvalue weighted by molar-refractivity contribution is -0.156. The molecule has 2 aromatic rings. The van der Waals surface area contributed by atoms with Gasteiger partial charge in [0.25, 0.3) is 0 Å². The molecule has 1 unspecified atom stereocenters. The average molecular weight is 369 g/mol. The standard InChI is InChI=1S/C15H16F5NO2S/c1-7-10-8(16)5-6-9(17)12(10)23-11(7)13(15(18,19)20)21-24(22)14(2,3)4/h5-6,13,21H,1-4H3/t13-,24?/m1/s1. The first kappa shape index (κ1) is 19.0. The summed E-state index contributed by atoms with van der Waals surface area (Å²) < 4.78 is 85.9. The Hall–Kier alpha value is -1.32. The summed E-state index contributed by atoms with van der Waals surface area (Å²) in [5.74, 6) is -2.57.